The second kappa shape index (κ2) is 12.0. The molecular formula is C31H33N5O. The third kappa shape index (κ3) is 7.25. The molecule has 0 fully saturated rings. The Morgan fingerprint density at radius 3 is 2.59 bits per heavy atom. The number of benzene rings is 1. The number of aromatic amines is 1. The van der Waals surface area contributed by atoms with Crippen LogP contribution in [0.25, 0.3) is 11.1 Å². The van der Waals surface area contributed by atoms with E-state index in [-0.39, 0.29) is 11.3 Å². The van der Waals surface area contributed by atoms with Crippen LogP contribution < -0.4 is 5.32 Å². The topological polar surface area (TPSA) is 94.0 Å². The van der Waals surface area contributed by atoms with Crippen LogP contribution >= 0.6 is 0 Å². The molecule has 2 heterocycles. The molecule has 0 saturated heterocycles. The van der Waals surface area contributed by atoms with E-state index in [0.717, 1.165) is 39.9 Å². The lowest BCUT2D eigenvalue weighted by atomic mass is 9.87. The Morgan fingerprint density at radius 1 is 1.22 bits per heavy atom. The average molecular weight is 492 g/mol. The van der Waals surface area contributed by atoms with E-state index < -0.39 is 0 Å². The Kier molecular flexibility index (Phi) is 8.76. The lowest BCUT2D eigenvalue weighted by Gasteiger charge is -2.19. The van der Waals surface area contributed by atoms with Crippen molar-refractivity contribution in [3.8, 4) is 11.8 Å². The summed E-state index contributed by atoms with van der Waals surface area (Å²) in [5.74, 6) is 6.15. The molecule has 6 nitrogen and oxygen atoms in total. The van der Waals surface area contributed by atoms with Crippen LogP contribution in [-0.4, -0.2) is 27.9 Å². The minimum atomic E-state index is -0.228. The number of amidine groups is 1. The first-order valence-electron chi connectivity index (χ1n) is 12.1. The molecule has 188 valence electrons. The molecule has 0 aliphatic carbocycles. The van der Waals surface area contributed by atoms with Crippen molar-refractivity contribution in [2.24, 2.45) is 4.99 Å². The molecule has 2 aromatic rings. The summed E-state index contributed by atoms with van der Waals surface area (Å²) in [4.78, 5) is 25.4. The van der Waals surface area contributed by atoms with E-state index in [1.165, 1.54) is 0 Å². The number of aliphatic imine (C=N–C) groups is 1. The fraction of sp³-hybridized carbons (Fsp3) is 0.226. The van der Waals surface area contributed by atoms with Gasteiger partial charge in [-0.1, -0.05) is 69.4 Å². The number of carbonyl (C=O) groups excluding carboxylic acids is 1. The summed E-state index contributed by atoms with van der Waals surface area (Å²) in [7, 11) is 0. The van der Waals surface area contributed by atoms with Crippen molar-refractivity contribution in [2.75, 3.05) is 0 Å². The van der Waals surface area contributed by atoms with E-state index in [1.807, 2.05) is 62.4 Å². The molecular weight excluding hydrogens is 458 g/mol. The molecule has 1 aromatic carbocycles. The summed E-state index contributed by atoms with van der Waals surface area (Å²) in [5, 5.41) is 10.1. The number of hydrogen-bond donors (Lipinski definition) is 3. The van der Waals surface area contributed by atoms with Gasteiger partial charge in [-0.2, -0.15) is 0 Å². The minimum absolute atomic E-state index is 0.0130. The van der Waals surface area contributed by atoms with Crippen molar-refractivity contribution in [3.63, 3.8) is 0 Å². The van der Waals surface area contributed by atoms with Gasteiger partial charge < -0.3 is 10.3 Å². The van der Waals surface area contributed by atoms with Crippen LogP contribution in [-0.2, 0) is 5.41 Å². The molecule has 0 saturated carbocycles. The summed E-state index contributed by atoms with van der Waals surface area (Å²) in [5.41, 5.74) is 6.16. The summed E-state index contributed by atoms with van der Waals surface area (Å²) in [6.07, 6.45) is 12.8. The molecule has 3 N–H and O–H groups in total. The Labute approximate surface area is 219 Å². The number of aromatic nitrogens is 2. The van der Waals surface area contributed by atoms with Crippen LogP contribution in [0.3, 0.4) is 0 Å². The van der Waals surface area contributed by atoms with Crippen LogP contribution in [0.2, 0.25) is 0 Å². The zero-order chi connectivity index (χ0) is 27.0. The van der Waals surface area contributed by atoms with E-state index in [9.17, 15) is 4.79 Å². The van der Waals surface area contributed by atoms with Crippen molar-refractivity contribution in [2.45, 2.75) is 46.5 Å². The van der Waals surface area contributed by atoms with Gasteiger partial charge in [-0.15, -0.1) is 0 Å². The Hall–Kier alpha value is -4.50. The first-order valence-corrected chi connectivity index (χ1v) is 12.1. The van der Waals surface area contributed by atoms with Crippen LogP contribution in [0.15, 0.2) is 78.0 Å². The van der Waals surface area contributed by atoms with Gasteiger partial charge in [-0.05, 0) is 72.4 Å². The molecule has 0 radical (unpaired) electrons. The number of hydrogen-bond acceptors (Lipinski definition) is 4. The van der Waals surface area contributed by atoms with Gasteiger partial charge >= 0.3 is 0 Å². The number of nitrogens with zero attached hydrogens (tertiary/aromatic N) is 2. The minimum Gasteiger partial charge on any atom is -0.331 e. The third-order valence-corrected chi connectivity index (χ3v) is 5.71. The lowest BCUT2D eigenvalue weighted by molar-refractivity contribution is 0.0977. The number of imidazole rings is 1. The maximum absolute atomic E-state index is 13.0. The van der Waals surface area contributed by atoms with Gasteiger partial charge in [0.2, 0.25) is 0 Å². The first-order chi connectivity index (χ1) is 17.6. The van der Waals surface area contributed by atoms with E-state index in [0.29, 0.717) is 23.6 Å². The number of rotatable bonds is 5. The highest BCUT2D eigenvalue weighted by atomic mass is 16.1. The monoisotopic (exact) mass is 491 g/mol. The molecule has 1 aromatic heterocycles. The van der Waals surface area contributed by atoms with Gasteiger partial charge in [0.25, 0.3) is 5.91 Å². The molecule has 1 aliphatic heterocycles. The zero-order valence-corrected chi connectivity index (χ0v) is 22.1. The summed E-state index contributed by atoms with van der Waals surface area (Å²) in [6, 6.07) is 7.64. The molecule has 0 spiro atoms. The van der Waals surface area contributed by atoms with E-state index in [4.69, 9.17) is 5.41 Å². The molecule has 0 atom stereocenters. The Morgan fingerprint density at radius 2 is 1.95 bits per heavy atom. The zero-order valence-electron chi connectivity index (χ0n) is 22.1. The molecule has 0 unspecified atom stereocenters. The highest BCUT2D eigenvalue weighted by Gasteiger charge is 2.18. The SMILES string of the molecule is C=C/C=C(C)\C=C(/C)c1nc(C#CC=N)[nH]c1C1=CC(NC(=O)c2ccc(C(C)(C)C)cc2)=NC=CC1. The van der Waals surface area contributed by atoms with Crippen molar-refractivity contribution in [1.82, 2.24) is 15.3 Å². The summed E-state index contributed by atoms with van der Waals surface area (Å²) >= 11 is 0. The fourth-order valence-corrected chi connectivity index (χ4v) is 3.83. The predicted octanol–water partition coefficient (Wildman–Crippen LogP) is 6.37. The maximum atomic E-state index is 13.0. The summed E-state index contributed by atoms with van der Waals surface area (Å²) in [6.45, 7) is 14.2. The first kappa shape index (κ1) is 27.1. The van der Waals surface area contributed by atoms with Crippen molar-refractivity contribution in [3.05, 3.63) is 101 Å². The lowest BCUT2D eigenvalue weighted by Crippen LogP contribution is -2.29. The average Bonchev–Trinajstić information content (AvgIpc) is 3.15. The van der Waals surface area contributed by atoms with Gasteiger partial charge in [0.05, 0.1) is 17.6 Å². The summed E-state index contributed by atoms with van der Waals surface area (Å²) < 4.78 is 0. The van der Waals surface area contributed by atoms with Gasteiger partial charge in [-0.3, -0.25) is 10.2 Å². The Balaban J connectivity index is 1.96. The van der Waals surface area contributed by atoms with E-state index in [2.05, 4.69) is 59.5 Å². The number of H-pyrrole nitrogens is 1. The Bertz CT molecular complexity index is 1410. The van der Waals surface area contributed by atoms with Crippen molar-refractivity contribution >= 4 is 29.1 Å². The maximum Gasteiger partial charge on any atom is 0.256 e. The van der Waals surface area contributed by atoms with E-state index in [1.54, 1.807) is 12.3 Å². The van der Waals surface area contributed by atoms with Gasteiger partial charge in [0, 0.05) is 11.8 Å². The van der Waals surface area contributed by atoms with Crippen LogP contribution in [0, 0.1) is 17.3 Å². The van der Waals surface area contributed by atoms with Crippen LogP contribution in [0.5, 0.6) is 0 Å². The quantitative estimate of drug-likeness (QED) is 0.257. The van der Waals surface area contributed by atoms with Crippen molar-refractivity contribution < 1.29 is 4.79 Å². The molecule has 3 rings (SSSR count). The van der Waals surface area contributed by atoms with Gasteiger partial charge in [0.15, 0.2) is 5.82 Å². The van der Waals surface area contributed by atoms with Crippen LogP contribution in [0.1, 0.15) is 74.2 Å². The molecule has 1 amide bonds. The number of nitrogens with one attached hydrogen (secondary N) is 3. The second-order valence-electron chi connectivity index (χ2n) is 9.75. The molecule has 1 aliphatic rings. The highest BCUT2D eigenvalue weighted by Crippen LogP contribution is 2.28. The predicted molar refractivity (Wildman–Crippen MR) is 154 cm³/mol. The molecule has 6 heteroatoms. The second-order valence-corrected chi connectivity index (χ2v) is 9.75. The molecule has 37 heavy (non-hydrogen) atoms. The fourth-order valence-electron chi connectivity index (χ4n) is 3.83. The number of amides is 1. The van der Waals surface area contributed by atoms with E-state index >= 15 is 0 Å². The third-order valence-electron chi connectivity index (χ3n) is 5.71. The molecule has 0 bridgehead atoms. The standard InChI is InChI=1S/C31H33N5O/c1-7-10-21(2)19-22(3)28-29(35-26(34-28)12-8-17-32)24-11-9-18-33-27(20-24)36-30(37)23-13-15-25(16-14-23)31(4,5)6/h7,9-10,13-20,32H,1,11H2,2-6H3,(H,34,35)(H,33,36,37)/b21-10-,22-19+,32-17?. The largest absolute Gasteiger partial charge is 0.331 e. The van der Waals surface area contributed by atoms with Crippen molar-refractivity contribution in [1.29, 1.82) is 5.41 Å². The normalized spacial score (nSPS) is 14.1. The van der Waals surface area contributed by atoms with Crippen LogP contribution in [0.4, 0.5) is 0 Å². The van der Waals surface area contributed by atoms with Gasteiger partial charge in [-0.25, -0.2) is 9.98 Å². The number of carbonyl (C=O) groups is 1. The highest BCUT2D eigenvalue weighted by molar-refractivity contribution is 6.12. The number of allylic oxidation sites excluding steroid dienone is 7. The smallest absolute Gasteiger partial charge is 0.256 e. The van der Waals surface area contributed by atoms with Gasteiger partial charge in [0.1, 0.15) is 5.84 Å².